The summed E-state index contributed by atoms with van der Waals surface area (Å²) in [4.78, 5) is 13.8. The van der Waals surface area contributed by atoms with E-state index >= 15 is 0 Å². The van der Waals surface area contributed by atoms with Gasteiger partial charge in [-0.15, -0.1) is 0 Å². The maximum absolute atomic E-state index is 13.1. The van der Waals surface area contributed by atoms with E-state index in [-0.39, 0.29) is 18.1 Å². The van der Waals surface area contributed by atoms with Gasteiger partial charge in [0.1, 0.15) is 5.82 Å². The van der Waals surface area contributed by atoms with Crippen LogP contribution >= 0.6 is 0 Å². The molecule has 0 amide bonds. The van der Waals surface area contributed by atoms with Crippen molar-refractivity contribution in [1.82, 2.24) is 0 Å². The average Bonchev–Trinajstić information content (AvgIpc) is 2.47. The number of hydrogen-bond acceptors (Lipinski definition) is 3. The van der Waals surface area contributed by atoms with Crippen molar-refractivity contribution in [2.75, 3.05) is 18.5 Å². The Labute approximate surface area is 116 Å². The van der Waals surface area contributed by atoms with Crippen molar-refractivity contribution in [1.29, 1.82) is 5.26 Å². The Kier molecular flexibility index (Phi) is 4.11. The van der Waals surface area contributed by atoms with E-state index in [0.29, 0.717) is 16.8 Å². The second kappa shape index (κ2) is 5.98. The molecule has 3 nitrogen and oxygen atoms in total. The monoisotopic (exact) mass is 268 g/mol. The Morgan fingerprint density at radius 2 is 1.95 bits per heavy atom. The molecule has 2 rings (SSSR count). The van der Waals surface area contributed by atoms with E-state index in [1.54, 1.807) is 48.3 Å². The number of nitrogens with zero attached hydrogens (tertiary/aromatic N) is 2. The minimum Gasteiger partial charge on any atom is -0.367 e. The summed E-state index contributed by atoms with van der Waals surface area (Å²) in [6, 6.07) is 14.6. The number of hydrogen-bond donors (Lipinski definition) is 0. The molecule has 2 aromatic carbocycles. The number of halogens is 1. The predicted molar refractivity (Wildman–Crippen MR) is 75.2 cm³/mol. The van der Waals surface area contributed by atoms with Gasteiger partial charge >= 0.3 is 0 Å². The Hall–Kier alpha value is -2.67. The first-order chi connectivity index (χ1) is 9.60. The molecule has 0 heterocycles. The van der Waals surface area contributed by atoms with Crippen LogP contribution in [0.15, 0.2) is 48.5 Å². The van der Waals surface area contributed by atoms with Gasteiger partial charge in [-0.1, -0.05) is 18.2 Å². The molecule has 0 N–H and O–H groups in total. The van der Waals surface area contributed by atoms with Crippen LogP contribution in [0.4, 0.5) is 10.1 Å². The van der Waals surface area contributed by atoms with Gasteiger partial charge in [0.05, 0.1) is 18.2 Å². The lowest BCUT2D eigenvalue weighted by atomic mass is 10.1. The van der Waals surface area contributed by atoms with Gasteiger partial charge in [-0.05, 0) is 30.3 Å². The zero-order valence-electron chi connectivity index (χ0n) is 11.0. The fourth-order valence-corrected chi connectivity index (χ4v) is 1.84. The van der Waals surface area contributed by atoms with Crippen LogP contribution in [0.25, 0.3) is 0 Å². The molecule has 100 valence electrons. The summed E-state index contributed by atoms with van der Waals surface area (Å²) < 4.78 is 13.1. The van der Waals surface area contributed by atoms with Crippen LogP contribution in [0, 0.1) is 17.1 Å². The third-order valence-electron chi connectivity index (χ3n) is 2.97. The highest BCUT2D eigenvalue weighted by atomic mass is 19.1. The Bertz CT molecular complexity index is 659. The summed E-state index contributed by atoms with van der Waals surface area (Å²) in [7, 11) is 1.73. The zero-order chi connectivity index (χ0) is 14.5. The fraction of sp³-hybridized carbons (Fsp3) is 0.125. The lowest BCUT2D eigenvalue weighted by Crippen LogP contribution is -2.25. The number of rotatable bonds is 4. The summed E-state index contributed by atoms with van der Waals surface area (Å²) in [5, 5.41) is 8.71. The maximum Gasteiger partial charge on any atom is 0.182 e. The van der Waals surface area contributed by atoms with E-state index in [1.807, 2.05) is 6.07 Å². The van der Waals surface area contributed by atoms with Gasteiger partial charge in [-0.3, -0.25) is 4.79 Å². The Balaban J connectivity index is 2.09. The topological polar surface area (TPSA) is 44.1 Å². The summed E-state index contributed by atoms with van der Waals surface area (Å²) in [5.41, 5.74) is 1.69. The quantitative estimate of drug-likeness (QED) is 0.801. The average molecular weight is 268 g/mol. The third-order valence-corrected chi connectivity index (χ3v) is 2.97. The highest BCUT2D eigenvalue weighted by Crippen LogP contribution is 2.14. The highest BCUT2D eigenvalue weighted by Gasteiger charge is 2.10. The van der Waals surface area contributed by atoms with Gasteiger partial charge in [-0.2, -0.15) is 5.26 Å². The lowest BCUT2D eigenvalue weighted by molar-refractivity contribution is 0.100. The number of carbonyl (C=O) groups excluding carboxylic acids is 1. The van der Waals surface area contributed by atoms with Crippen LogP contribution in [0.5, 0.6) is 0 Å². The first-order valence-electron chi connectivity index (χ1n) is 6.10. The first kappa shape index (κ1) is 13.8. The molecule has 0 saturated carbocycles. The van der Waals surface area contributed by atoms with Crippen molar-refractivity contribution in [3.63, 3.8) is 0 Å². The molecule has 0 aliphatic rings. The van der Waals surface area contributed by atoms with Gasteiger partial charge in [0.15, 0.2) is 5.78 Å². The van der Waals surface area contributed by atoms with Gasteiger partial charge < -0.3 is 4.90 Å². The molecule has 2 aromatic rings. The Morgan fingerprint density at radius 3 is 2.55 bits per heavy atom. The molecule has 0 atom stereocenters. The molecule has 0 radical (unpaired) electrons. The molecule has 0 bridgehead atoms. The number of nitriles is 1. The standard InChI is InChI=1S/C16H13FN2O/c1-19(15-4-2-3-14(17)9-15)11-16(20)13-7-5-12(10-18)6-8-13/h2-9H,11H2,1H3. The minimum atomic E-state index is -0.333. The van der Waals surface area contributed by atoms with Crippen molar-refractivity contribution in [2.45, 2.75) is 0 Å². The number of benzene rings is 2. The van der Waals surface area contributed by atoms with E-state index in [1.165, 1.54) is 12.1 Å². The fourth-order valence-electron chi connectivity index (χ4n) is 1.84. The van der Waals surface area contributed by atoms with Gasteiger partial charge in [0, 0.05) is 18.3 Å². The summed E-state index contributed by atoms with van der Waals surface area (Å²) in [5.74, 6) is -0.415. The number of likely N-dealkylation sites (N-methyl/N-ethyl adjacent to an activating group) is 1. The van der Waals surface area contributed by atoms with Crippen LogP contribution in [0.3, 0.4) is 0 Å². The van der Waals surface area contributed by atoms with Crippen LogP contribution in [-0.2, 0) is 0 Å². The Morgan fingerprint density at radius 1 is 1.25 bits per heavy atom. The SMILES string of the molecule is CN(CC(=O)c1ccc(C#N)cc1)c1cccc(F)c1. The predicted octanol–water partition coefficient (Wildman–Crippen LogP) is 3.02. The number of Topliss-reactive ketones (excluding diaryl/α,β-unsaturated/α-hetero) is 1. The molecule has 0 fully saturated rings. The van der Waals surface area contributed by atoms with E-state index in [4.69, 9.17) is 5.26 Å². The van der Waals surface area contributed by atoms with Crippen LogP contribution in [0.2, 0.25) is 0 Å². The second-order valence-electron chi connectivity index (χ2n) is 4.45. The molecule has 0 aliphatic carbocycles. The lowest BCUT2D eigenvalue weighted by Gasteiger charge is -2.18. The smallest absolute Gasteiger partial charge is 0.182 e. The molecule has 4 heteroatoms. The van der Waals surface area contributed by atoms with E-state index in [9.17, 15) is 9.18 Å². The van der Waals surface area contributed by atoms with Crippen LogP contribution in [-0.4, -0.2) is 19.4 Å². The van der Waals surface area contributed by atoms with Gasteiger partial charge in [0.25, 0.3) is 0 Å². The number of ketones is 1. The molecular formula is C16H13FN2O. The molecule has 0 aromatic heterocycles. The van der Waals surface area contributed by atoms with Crippen LogP contribution < -0.4 is 4.90 Å². The number of carbonyl (C=O) groups is 1. The van der Waals surface area contributed by atoms with Crippen LogP contribution in [0.1, 0.15) is 15.9 Å². The molecule has 0 spiro atoms. The van der Waals surface area contributed by atoms with Gasteiger partial charge in [-0.25, -0.2) is 4.39 Å². The van der Waals surface area contributed by atoms with Crippen molar-refractivity contribution in [2.24, 2.45) is 0 Å². The molecule has 0 aliphatic heterocycles. The second-order valence-corrected chi connectivity index (χ2v) is 4.45. The van der Waals surface area contributed by atoms with E-state index < -0.39 is 0 Å². The maximum atomic E-state index is 13.1. The largest absolute Gasteiger partial charge is 0.367 e. The summed E-state index contributed by atoms with van der Waals surface area (Å²) >= 11 is 0. The van der Waals surface area contributed by atoms with Crippen molar-refractivity contribution < 1.29 is 9.18 Å². The first-order valence-corrected chi connectivity index (χ1v) is 6.10. The molecule has 20 heavy (non-hydrogen) atoms. The summed E-state index contributed by atoms with van der Waals surface area (Å²) in [6.45, 7) is 0.148. The van der Waals surface area contributed by atoms with E-state index in [0.717, 1.165) is 0 Å². The number of anilines is 1. The van der Waals surface area contributed by atoms with Crippen molar-refractivity contribution >= 4 is 11.5 Å². The zero-order valence-corrected chi connectivity index (χ0v) is 11.0. The third kappa shape index (κ3) is 3.21. The molecule has 0 saturated heterocycles. The normalized spacial score (nSPS) is 9.85. The molecule has 0 unspecified atom stereocenters. The van der Waals surface area contributed by atoms with Crippen molar-refractivity contribution in [3.05, 3.63) is 65.5 Å². The van der Waals surface area contributed by atoms with Gasteiger partial charge in [0.2, 0.25) is 0 Å². The highest BCUT2D eigenvalue weighted by molar-refractivity contribution is 5.99. The minimum absolute atomic E-state index is 0.0822. The van der Waals surface area contributed by atoms with Crippen molar-refractivity contribution in [3.8, 4) is 6.07 Å². The van der Waals surface area contributed by atoms with E-state index in [2.05, 4.69) is 0 Å². The molecular weight excluding hydrogens is 255 g/mol. The summed E-state index contributed by atoms with van der Waals surface area (Å²) in [6.07, 6.45) is 0.